The van der Waals surface area contributed by atoms with Crippen molar-refractivity contribution in [1.29, 1.82) is 0 Å². The van der Waals surface area contributed by atoms with Crippen LogP contribution >= 0.6 is 11.8 Å². The van der Waals surface area contributed by atoms with Crippen molar-refractivity contribution in [2.45, 2.75) is 57.9 Å². The van der Waals surface area contributed by atoms with Gasteiger partial charge in [0.1, 0.15) is 11.6 Å². The molecule has 11 heteroatoms. The molecule has 0 aliphatic rings. The van der Waals surface area contributed by atoms with Gasteiger partial charge < -0.3 is 24.3 Å². The third kappa shape index (κ3) is 13.0. The van der Waals surface area contributed by atoms with E-state index < -0.39 is 17.7 Å². The van der Waals surface area contributed by atoms with Gasteiger partial charge >= 0.3 is 6.09 Å². The predicted octanol–water partition coefficient (Wildman–Crippen LogP) is 2.57. The Morgan fingerprint density at radius 1 is 1.20 bits per heavy atom. The highest BCUT2D eigenvalue weighted by molar-refractivity contribution is 7.99. The molecule has 1 unspecified atom stereocenters. The van der Waals surface area contributed by atoms with Crippen LogP contribution in [-0.4, -0.2) is 78.0 Å². The maximum absolute atomic E-state index is 12.0. The molecule has 1 rings (SSSR count). The van der Waals surface area contributed by atoms with Crippen molar-refractivity contribution in [2.75, 3.05) is 33.9 Å². The highest BCUT2D eigenvalue weighted by Gasteiger charge is 2.25. The van der Waals surface area contributed by atoms with E-state index in [2.05, 4.69) is 15.5 Å². The lowest BCUT2D eigenvalue weighted by Crippen LogP contribution is -2.35. The van der Waals surface area contributed by atoms with Crippen molar-refractivity contribution >= 4 is 30.2 Å². The lowest BCUT2D eigenvalue weighted by Gasteiger charge is -2.22. The van der Waals surface area contributed by atoms with Gasteiger partial charge in [0, 0.05) is 28.2 Å². The number of hydrogen-bond acceptors (Lipinski definition) is 8. The average molecular weight is 446 g/mol. The first-order valence-corrected chi connectivity index (χ1v) is 10.5. The smallest absolute Gasteiger partial charge is 0.408 e. The minimum Gasteiger partial charge on any atom is -0.444 e. The van der Waals surface area contributed by atoms with Gasteiger partial charge in [-0.15, -0.1) is 10.2 Å². The molecule has 0 spiro atoms. The minimum atomic E-state index is -0.588. The molecule has 3 amide bonds. The number of carbonyl (C=O) groups excluding carboxylic acids is 3. The number of carbonyl (C=O) groups is 3. The summed E-state index contributed by atoms with van der Waals surface area (Å²) < 4.78 is 10.9. The Bertz CT molecular complexity index is 671. The molecule has 0 radical (unpaired) electrons. The average Bonchev–Trinajstić information content (AvgIpc) is 3.06. The minimum absolute atomic E-state index is 0.0460. The summed E-state index contributed by atoms with van der Waals surface area (Å²) >= 11 is 1.17. The highest BCUT2D eigenvalue weighted by Crippen LogP contribution is 2.24. The molecule has 0 saturated heterocycles. The molecule has 1 aromatic rings. The van der Waals surface area contributed by atoms with Gasteiger partial charge in [0.2, 0.25) is 18.2 Å². The number of rotatable bonds is 8. The van der Waals surface area contributed by atoms with E-state index in [4.69, 9.17) is 9.15 Å². The van der Waals surface area contributed by atoms with Crippen LogP contribution in [0.2, 0.25) is 0 Å². The van der Waals surface area contributed by atoms with Gasteiger partial charge in [0.25, 0.3) is 5.22 Å². The Labute approximate surface area is 183 Å². The molecule has 10 nitrogen and oxygen atoms in total. The maximum Gasteiger partial charge on any atom is 0.408 e. The normalized spacial score (nSPS) is 11.8. The van der Waals surface area contributed by atoms with Crippen LogP contribution in [0.1, 0.15) is 53.0 Å². The SMILES string of the molecule is CC(C)CC(NC(=O)OC(C)(C)C)c1nnc(SCC(=O)N(C)C)o1.CN(C)C=O. The van der Waals surface area contributed by atoms with Crippen molar-refractivity contribution in [3.63, 3.8) is 0 Å². The van der Waals surface area contributed by atoms with Gasteiger partial charge in [0.05, 0.1) is 5.75 Å². The van der Waals surface area contributed by atoms with Crippen LogP contribution in [0.5, 0.6) is 0 Å². The quantitative estimate of drug-likeness (QED) is 0.479. The van der Waals surface area contributed by atoms with Crippen LogP contribution in [0, 0.1) is 5.92 Å². The van der Waals surface area contributed by atoms with E-state index in [1.165, 1.54) is 21.6 Å². The molecule has 0 aromatic carbocycles. The van der Waals surface area contributed by atoms with E-state index >= 15 is 0 Å². The number of thioether (sulfide) groups is 1. The Kier molecular flexibility index (Phi) is 12.1. The molecule has 30 heavy (non-hydrogen) atoms. The Hall–Kier alpha value is -2.30. The van der Waals surface area contributed by atoms with E-state index in [0.29, 0.717) is 23.5 Å². The second kappa shape index (κ2) is 13.1. The Balaban J connectivity index is 0.00000150. The van der Waals surface area contributed by atoms with Gasteiger partial charge in [-0.1, -0.05) is 25.6 Å². The second-order valence-corrected chi connectivity index (χ2v) is 9.31. The fraction of sp³-hybridized carbons (Fsp3) is 0.737. The van der Waals surface area contributed by atoms with E-state index in [1.54, 1.807) is 49.0 Å². The number of nitrogens with zero attached hydrogens (tertiary/aromatic N) is 4. The third-order valence-corrected chi connectivity index (χ3v) is 3.95. The summed E-state index contributed by atoms with van der Waals surface area (Å²) in [6.07, 6.45) is 0.843. The molecule has 1 heterocycles. The first kappa shape index (κ1) is 27.7. The number of nitrogens with one attached hydrogen (secondary N) is 1. The summed E-state index contributed by atoms with van der Waals surface area (Å²) in [5.41, 5.74) is -0.588. The van der Waals surface area contributed by atoms with E-state index in [-0.39, 0.29) is 11.7 Å². The van der Waals surface area contributed by atoms with Gasteiger partial charge in [-0.05, 0) is 33.1 Å². The molecule has 0 bridgehead atoms. The molecule has 1 N–H and O–H groups in total. The van der Waals surface area contributed by atoms with E-state index in [1.807, 2.05) is 13.8 Å². The fourth-order valence-corrected chi connectivity index (χ4v) is 2.56. The van der Waals surface area contributed by atoms with Gasteiger partial charge in [-0.3, -0.25) is 9.59 Å². The summed E-state index contributed by atoms with van der Waals surface area (Å²) in [5.74, 6) is 0.774. The Morgan fingerprint density at radius 2 is 1.77 bits per heavy atom. The number of ether oxygens (including phenoxy) is 1. The van der Waals surface area contributed by atoms with Crippen molar-refractivity contribution in [2.24, 2.45) is 5.92 Å². The molecule has 0 aliphatic heterocycles. The van der Waals surface area contributed by atoms with Crippen molar-refractivity contribution in [3.05, 3.63) is 5.89 Å². The molecular weight excluding hydrogens is 410 g/mol. The van der Waals surface area contributed by atoms with Crippen molar-refractivity contribution in [3.8, 4) is 0 Å². The monoisotopic (exact) mass is 445 g/mol. The molecular formula is C19H35N5O5S. The molecule has 0 fully saturated rings. The number of hydrogen-bond donors (Lipinski definition) is 1. The van der Waals surface area contributed by atoms with Crippen LogP contribution < -0.4 is 5.32 Å². The molecule has 0 aliphatic carbocycles. The first-order valence-electron chi connectivity index (χ1n) is 9.52. The lowest BCUT2D eigenvalue weighted by atomic mass is 10.0. The number of alkyl carbamates (subject to hydrolysis) is 1. The standard InChI is InChI=1S/C16H28N4O4S.C3H7NO/c1-10(2)8-11(17-14(22)24-16(3,4)5)13-18-19-15(23-13)25-9-12(21)20(6)7;1-4(2)3-5/h10-11H,8-9H2,1-7H3,(H,17,22);3H,1-2H3. The van der Waals surface area contributed by atoms with Crippen LogP contribution in [0.15, 0.2) is 9.64 Å². The maximum atomic E-state index is 12.0. The van der Waals surface area contributed by atoms with Gasteiger partial charge in [-0.2, -0.15) is 0 Å². The zero-order valence-electron chi connectivity index (χ0n) is 19.4. The first-order chi connectivity index (χ1) is 13.7. The topological polar surface area (TPSA) is 118 Å². The summed E-state index contributed by atoms with van der Waals surface area (Å²) in [6, 6.07) is -0.443. The van der Waals surface area contributed by atoms with Crippen LogP contribution in [0.3, 0.4) is 0 Å². The summed E-state index contributed by atoms with van der Waals surface area (Å²) in [4.78, 5) is 36.0. The predicted molar refractivity (Wildman–Crippen MR) is 115 cm³/mol. The van der Waals surface area contributed by atoms with Crippen LogP contribution in [-0.2, 0) is 14.3 Å². The zero-order valence-corrected chi connectivity index (χ0v) is 20.2. The molecule has 172 valence electrons. The molecule has 0 saturated carbocycles. The number of amides is 3. The second-order valence-electron chi connectivity index (χ2n) is 8.38. The van der Waals surface area contributed by atoms with Crippen molar-refractivity contribution in [1.82, 2.24) is 25.3 Å². The van der Waals surface area contributed by atoms with Crippen molar-refractivity contribution < 1.29 is 23.5 Å². The largest absolute Gasteiger partial charge is 0.444 e. The third-order valence-electron chi connectivity index (χ3n) is 3.15. The zero-order chi connectivity index (χ0) is 23.5. The van der Waals surface area contributed by atoms with Gasteiger partial charge in [-0.25, -0.2) is 4.79 Å². The van der Waals surface area contributed by atoms with Crippen LogP contribution in [0.4, 0.5) is 4.79 Å². The molecule has 1 aromatic heterocycles. The summed E-state index contributed by atoms with van der Waals surface area (Å²) in [7, 11) is 6.75. The van der Waals surface area contributed by atoms with Gasteiger partial charge in [0.15, 0.2) is 0 Å². The summed E-state index contributed by atoms with van der Waals surface area (Å²) in [6.45, 7) is 9.46. The lowest BCUT2D eigenvalue weighted by molar-refractivity contribution is -0.125. The molecule has 1 atom stereocenters. The van der Waals surface area contributed by atoms with E-state index in [9.17, 15) is 14.4 Å². The summed E-state index contributed by atoms with van der Waals surface area (Å²) in [5, 5.41) is 11.0. The Morgan fingerprint density at radius 3 is 2.20 bits per heavy atom. The van der Waals surface area contributed by atoms with Crippen LogP contribution in [0.25, 0.3) is 0 Å². The van der Waals surface area contributed by atoms with E-state index in [0.717, 1.165) is 6.41 Å². The highest BCUT2D eigenvalue weighted by atomic mass is 32.2. The fourth-order valence-electron chi connectivity index (χ4n) is 1.81. The number of aromatic nitrogens is 2.